The van der Waals surface area contributed by atoms with Crippen LogP contribution in [0.5, 0.6) is 0 Å². The smallest absolute Gasteiger partial charge is 0.251 e. The Balaban J connectivity index is 1.47. The lowest BCUT2D eigenvalue weighted by Crippen LogP contribution is -2.28. The number of carbonyl (C=O) groups is 1. The molecule has 1 aromatic carbocycles. The van der Waals surface area contributed by atoms with E-state index in [2.05, 4.69) is 10.3 Å². The highest BCUT2D eigenvalue weighted by atomic mass is 32.2. The Bertz CT molecular complexity index is 1130. The number of aromatic nitrogens is 1. The Morgan fingerprint density at radius 3 is 2.23 bits per heavy atom. The molecule has 1 aromatic heterocycles. The normalized spacial score (nSPS) is 22.7. The fourth-order valence-corrected chi connectivity index (χ4v) is 6.12. The van der Waals surface area contributed by atoms with E-state index in [1.165, 1.54) is 0 Å². The molecule has 0 radical (unpaired) electrons. The van der Waals surface area contributed by atoms with Gasteiger partial charge in [-0.3, -0.25) is 9.59 Å². The van der Waals surface area contributed by atoms with Crippen molar-refractivity contribution >= 4 is 15.7 Å². The summed E-state index contributed by atoms with van der Waals surface area (Å²) in [6.07, 6.45) is 5.57. The lowest BCUT2D eigenvalue weighted by Gasteiger charge is -2.22. The lowest BCUT2D eigenvalue weighted by atomic mass is 9.88. The first-order chi connectivity index (χ1) is 14.4. The van der Waals surface area contributed by atoms with Crippen LogP contribution < -0.4 is 10.9 Å². The summed E-state index contributed by atoms with van der Waals surface area (Å²) in [4.78, 5) is 27.7. The molecule has 1 aliphatic heterocycles. The number of amides is 1. The maximum absolute atomic E-state index is 12.6. The minimum absolute atomic E-state index is 0.0385. The van der Waals surface area contributed by atoms with Crippen molar-refractivity contribution in [1.29, 1.82) is 0 Å². The number of benzene rings is 1. The Kier molecular flexibility index (Phi) is 4.81. The predicted octanol–water partition coefficient (Wildman–Crippen LogP) is 2.99. The van der Waals surface area contributed by atoms with Crippen LogP contribution in [-0.2, 0) is 14.6 Å². The summed E-state index contributed by atoms with van der Waals surface area (Å²) in [6.45, 7) is 0. The second kappa shape index (κ2) is 7.38. The van der Waals surface area contributed by atoms with Gasteiger partial charge in [-0.2, -0.15) is 0 Å². The van der Waals surface area contributed by atoms with Gasteiger partial charge in [0.1, 0.15) is 0 Å². The molecule has 2 aliphatic carbocycles. The maximum Gasteiger partial charge on any atom is 0.251 e. The summed E-state index contributed by atoms with van der Waals surface area (Å²) in [5.74, 6) is 0.316. The molecule has 2 saturated carbocycles. The van der Waals surface area contributed by atoms with Gasteiger partial charge in [0, 0.05) is 29.6 Å². The van der Waals surface area contributed by atoms with Crippen LogP contribution >= 0.6 is 0 Å². The van der Waals surface area contributed by atoms with E-state index < -0.39 is 9.84 Å². The third kappa shape index (κ3) is 3.83. The highest BCUT2D eigenvalue weighted by Crippen LogP contribution is 2.39. The monoisotopic (exact) mass is 426 g/mol. The van der Waals surface area contributed by atoms with Gasteiger partial charge in [0.2, 0.25) is 5.91 Å². The molecule has 6 nitrogen and oxygen atoms in total. The van der Waals surface area contributed by atoms with E-state index in [1.807, 2.05) is 24.3 Å². The molecule has 2 heterocycles. The van der Waals surface area contributed by atoms with Crippen molar-refractivity contribution in [3.8, 4) is 0 Å². The van der Waals surface area contributed by atoms with Gasteiger partial charge in [-0.05, 0) is 68.2 Å². The standard InChI is InChI=1S/C23H26N2O4S/c26-22-12-5-16(24-22)13-20(21-11-10-19(14-1-2-14)23(27)25-21)15-3-6-17(7-4-15)30(28,29)18-8-9-18/h3-4,6-7,10-11,14,16,18,20H,1-2,5,8-9,12-13H2,(H,24,26)(H,25,27)/t16-,20?/m1/s1. The van der Waals surface area contributed by atoms with E-state index in [1.54, 1.807) is 12.1 Å². The molecule has 2 N–H and O–H groups in total. The number of pyridine rings is 1. The minimum Gasteiger partial charge on any atom is -0.353 e. The van der Waals surface area contributed by atoms with Crippen LogP contribution in [0, 0.1) is 0 Å². The molecule has 3 fully saturated rings. The van der Waals surface area contributed by atoms with Gasteiger partial charge in [-0.1, -0.05) is 18.2 Å². The van der Waals surface area contributed by atoms with Crippen LogP contribution in [0.2, 0.25) is 0 Å². The van der Waals surface area contributed by atoms with Gasteiger partial charge in [0.05, 0.1) is 10.1 Å². The number of hydrogen-bond donors (Lipinski definition) is 2. The molecular weight excluding hydrogens is 400 g/mol. The van der Waals surface area contributed by atoms with Crippen molar-refractivity contribution in [3.05, 3.63) is 63.6 Å². The second-order valence-corrected chi connectivity index (χ2v) is 11.1. The summed E-state index contributed by atoms with van der Waals surface area (Å²) >= 11 is 0. The van der Waals surface area contributed by atoms with Gasteiger partial charge in [0.25, 0.3) is 5.56 Å². The molecule has 2 atom stereocenters. The number of H-pyrrole nitrogens is 1. The molecule has 1 unspecified atom stereocenters. The zero-order chi connectivity index (χ0) is 20.9. The van der Waals surface area contributed by atoms with Gasteiger partial charge in [-0.25, -0.2) is 8.42 Å². The molecule has 3 aliphatic rings. The Morgan fingerprint density at radius 2 is 1.67 bits per heavy atom. The van der Waals surface area contributed by atoms with Crippen LogP contribution in [0.15, 0.2) is 46.1 Å². The highest BCUT2D eigenvalue weighted by molar-refractivity contribution is 7.92. The minimum atomic E-state index is -3.23. The third-order valence-corrected chi connectivity index (χ3v) is 8.81. The molecule has 158 valence electrons. The molecule has 0 bridgehead atoms. The SMILES string of the molecule is O=C1CC[C@H](CC(c2ccc(S(=O)(=O)C3CC3)cc2)c2ccc(C3CC3)c(=O)[nH]2)N1. The summed E-state index contributed by atoms with van der Waals surface area (Å²) in [5.41, 5.74) is 2.56. The van der Waals surface area contributed by atoms with E-state index in [4.69, 9.17) is 0 Å². The van der Waals surface area contributed by atoms with E-state index in [0.29, 0.717) is 23.7 Å². The average Bonchev–Trinajstić information content (AvgIpc) is 3.64. The first-order valence-corrected chi connectivity index (χ1v) is 12.3. The van der Waals surface area contributed by atoms with Crippen LogP contribution in [0.3, 0.4) is 0 Å². The molecule has 5 rings (SSSR count). The zero-order valence-corrected chi connectivity index (χ0v) is 17.6. The van der Waals surface area contributed by atoms with Crippen LogP contribution in [0.1, 0.15) is 73.6 Å². The van der Waals surface area contributed by atoms with Gasteiger partial charge in [0.15, 0.2) is 9.84 Å². The lowest BCUT2D eigenvalue weighted by molar-refractivity contribution is -0.119. The van der Waals surface area contributed by atoms with Crippen molar-refractivity contribution in [1.82, 2.24) is 10.3 Å². The molecule has 30 heavy (non-hydrogen) atoms. The zero-order valence-electron chi connectivity index (χ0n) is 16.8. The third-order valence-electron chi connectivity index (χ3n) is 6.53. The predicted molar refractivity (Wildman–Crippen MR) is 113 cm³/mol. The van der Waals surface area contributed by atoms with E-state index in [9.17, 15) is 18.0 Å². The summed E-state index contributed by atoms with van der Waals surface area (Å²) in [6, 6.07) is 11.0. The van der Waals surface area contributed by atoms with Crippen LogP contribution in [0.4, 0.5) is 0 Å². The Labute approximate surface area is 176 Å². The molecule has 1 amide bonds. The maximum atomic E-state index is 12.6. The first-order valence-electron chi connectivity index (χ1n) is 10.8. The van der Waals surface area contributed by atoms with Crippen molar-refractivity contribution in [2.45, 2.75) is 73.0 Å². The van der Waals surface area contributed by atoms with E-state index in [0.717, 1.165) is 48.9 Å². The highest BCUT2D eigenvalue weighted by Gasteiger charge is 2.37. The quantitative estimate of drug-likeness (QED) is 0.711. The number of aromatic amines is 1. The number of carbonyl (C=O) groups excluding carboxylic acids is 1. The number of nitrogens with one attached hydrogen (secondary N) is 2. The number of sulfone groups is 1. The summed E-state index contributed by atoms with van der Waals surface area (Å²) < 4.78 is 25.0. The molecular formula is C23H26N2O4S. The van der Waals surface area contributed by atoms with E-state index in [-0.39, 0.29) is 28.7 Å². The van der Waals surface area contributed by atoms with Gasteiger partial charge >= 0.3 is 0 Å². The van der Waals surface area contributed by atoms with E-state index >= 15 is 0 Å². The fourth-order valence-electron chi connectivity index (χ4n) is 4.46. The second-order valence-electron chi connectivity index (χ2n) is 8.88. The molecule has 2 aromatic rings. The number of rotatable bonds is 7. The first kappa shape index (κ1) is 19.5. The Morgan fingerprint density at radius 1 is 0.933 bits per heavy atom. The topological polar surface area (TPSA) is 96.1 Å². The molecule has 0 spiro atoms. The molecule has 7 heteroatoms. The number of hydrogen-bond acceptors (Lipinski definition) is 4. The average molecular weight is 427 g/mol. The van der Waals surface area contributed by atoms with Gasteiger partial charge < -0.3 is 10.3 Å². The van der Waals surface area contributed by atoms with Crippen LogP contribution in [0.25, 0.3) is 0 Å². The van der Waals surface area contributed by atoms with Crippen molar-refractivity contribution in [2.24, 2.45) is 0 Å². The summed E-state index contributed by atoms with van der Waals surface area (Å²) in [5, 5.41) is 2.77. The van der Waals surface area contributed by atoms with Crippen molar-refractivity contribution in [3.63, 3.8) is 0 Å². The van der Waals surface area contributed by atoms with Gasteiger partial charge in [-0.15, -0.1) is 0 Å². The van der Waals surface area contributed by atoms with Crippen molar-refractivity contribution < 1.29 is 13.2 Å². The Hall–Kier alpha value is -2.41. The van der Waals surface area contributed by atoms with Crippen LogP contribution in [-0.4, -0.2) is 30.6 Å². The largest absolute Gasteiger partial charge is 0.353 e. The summed E-state index contributed by atoms with van der Waals surface area (Å²) in [7, 11) is -3.23. The fraction of sp³-hybridized carbons (Fsp3) is 0.478. The molecule has 1 saturated heterocycles. The van der Waals surface area contributed by atoms with Crippen molar-refractivity contribution in [2.75, 3.05) is 0 Å².